The van der Waals surface area contributed by atoms with Crippen LogP contribution in [-0.2, 0) is 14.3 Å². The van der Waals surface area contributed by atoms with Crippen LogP contribution in [0.3, 0.4) is 0 Å². The molecule has 0 aromatic rings. The van der Waals surface area contributed by atoms with Crippen molar-refractivity contribution in [2.24, 2.45) is 28.6 Å². The van der Waals surface area contributed by atoms with Gasteiger partial charge in [-0.15, -0.1) is 0 Å². The number of hydrogen-bond donors (Lipinski definition) is 1. The number of hydrogen-bond acceptors (Lipinski definition) is 4. The summed E-state index contributed by atoms with van der Waals surface area (Å²) in [5, 5.41) is 10.5. The van der Waals surface area contributed by atoms with Crippen molar-refractivity contribution in [1.82, 2.24) is 0 Å². The highest BCUT2D eigenvalue weighted by Crippen LogP contribution is 2.65. The fraction of sp³-hybridized carbons (Fsp3) is 0.857. The molecule has 1 heterocycles. The van der Waals surface area contributed by atoms with Crippen molar-refractivity contribution in [1.29, 1.82) is 0 Å². The highest BCUT2D eigenvalue weighted by atomic mass is 16.7. The van der Waals surface area contributed by atoms with E-state index in [1.165, 1.54) is 5.57 Å². The molecule has 0 aromatic heterocycles. The highest BCUT2D eigenvalue weighted by molar-refractivity contribution is 5.87. The molecule has 25 heavy (non-hydrogen) atoms. The van der Waals surface area contributed by atoms with Crippen LogP contribution in [0, 0.1) is 28.6 Å². The third kappa shape index (κ3) is 2.08. The Hall–Kier alpha value is -0.710. The second-order valence-corrected chi connectivity index (χ2v) is 9.36. The molecule has 4 aliphatic carbocycles. The molecular weight excluding hydrogens is 316 g/mol. The Bertz CT molecular complexity index is 619. The van der Waals surface area contributed by atoms with Crippen LogP contribution in [0.15, 0.2) is 11.6 Å². The van der Waals surface area contributed by atoms with Crippen LogP contribution in [0.2, 0.25) is 0 Å². The van der Waals surface area contributed by atoms with Crippen molar-refractivity contribution in [3.8, 4) is 0 Å². The number of aliphatic hydroxyl groups is 1. The number of allylic oxidation sites excluding steroid dienone is 1. The Kier molecular flexibility index (Phi) is 3.56. The van der Waals surface area contributed by atoms with Gasteiger partial charge < -0.3 is 14.6 Å². The van der Waals surface area contributed by atoms with Gasteiger partial charge in [-0.05, 0) is 49.9 Å². The lowest BCUT2D eigenvalue weighted by atomic mass is 9.47. The monoisotopic (exact) mass is 346 g/mol. The van der Waals surface area contributed by atoms with Crippen molar-refractivity contribution < 1.29 is 19.4 Å². The molecule has 0 bridgehead atoms. The van der Waals surface area contributed by atoms with E-state index >= 15 is 0 Å². The topological polar surface area (TPSA) is 55.8 Å². The van der Waals surface area contributed by atoms with Crippen LogP contribution in [0.25, 0.3) is 0 Å². The summed E-state index contributed by atoms with van der Waals surface area (Å²) in [5.41, 5.74) is 1.17. The smallest absolute Gasteiger partial charge is 0.172 e. The van der Waals surface area contributed by atoms with Crippen LogP contribution in [-0.4, -0.2) is 36.5 Å². The molecule has 5 atom stereocenters. The molecule has 4 unspecified atom stereocenters. The van der Waals surface area contributed by atoms with Gasteiger partial charge in [0.15, 0.2) is 5.79 Å². The van der Waals surface area contributed by atoms with E-state index in [0.717, 1.165) is 51.4 Å². The predicted octanol–water partition coefficient (Wildman–Crippen LogP) is 3.23. The molecule has 5 rings (SSSR count). The Morgan fingerprint density at radius 1 is 1.16 bits per heavy atom. The lowest BCUT2D eigenvalue weighted by Gasteiger charge is -2.58. The summed E-state index contributed by atoms with van der Waals surface area (Å²) in [6.07, 6.45) is 10.00. The fourth-order valence-corrected chi connectivity index (χ4v) is 7.22. The molecule has 0 aromatic carbocycles. The van der Waals surface area contributed by atoms with Crippen molar-refractivity contribution in [2.75, 3.05) is 19.8 Å². The van der Waals surface area contributed by atoms with E-state index in [-0.39, 0.29) is 17.4 Å². The molecule has 1 aliphatic heterocycles. The average molecular weight is 346 g/mol. The summed E-state index contributed by atoms with van der Waals surface area (Å²) in [7, 11) is 0. The molecule has 4 heteroatoms. The Morgan fingerprint density at radius 2 is 1.96 bits per heavy atom. The minimum absolute atomic E-state index is 0.100. The third-order valence-electron chi connectivity index (χ3n) is 8.64. The molecule has 3 saturated carbocycles. The summed E-state index contributed by atoms with van der Waals surface area (Å²) in [6, 6.07) is 0. The van der Waals surface area contributed by atoms with Gasteiger partial charge in [0.2, 0.25) is 0 Å². The molecule has 4 fully saturated rings. The second-order valence-electron chi connectivity index (χ2n) is 9.36. The first-order chi connectivity index (χ1) is 12.0. The number of aliphatic hydroxyl groups excluding tert-OH is 1. The third-order valence-corrected chi connectivity index (χ3v) is 8.64. The van der Waals surface area contributed by atoms with Gasteiger partial charge in [-0.25, -0.2) is 0 Å². The van der Waals surface area contributed by atoms with E-state index in [9.17, 15) is 9.90 Å². The Balaban J connectivity index is 1.50. The maximum Gasteiger partial charge on any atom is 0.172 e. The number of ketones is 1. The van der Waals surface area contributed by atoms with E-state index in [4.69, 9.17) is 9.47 Å². The van der Waals surface area contributed by atoms with Gasteiger partial charge in [-0.3, -0.25) is 4.79 Å². The van der Waals surface area contributed by atoms with E-state index in [1.807, 2.05) is 0 Å². The number of ether oxygens (including phenoxy) is 2. The normalized spacial score (nSPS) is 48.0. The average Bonchev–Trinajstić information content (AvgIpc) is 3.19. The van der Waals surface area contributed by atoms with E-state index in [0.29, 0.717) is 36.8 Å². The first-order valence-electron chi connectivity index (χ1n) is 10.1. The van der Waals surface area contributed by atoms with Crippen molar-refractivity contribution >= 4 is 5.78 Å². The first-order valence-corrected chi connectivity index (χ1v) is 10.1. The summed E-state index contributed by atoms with van der Waals surface area (Å²) < 4.78 is 11.9. The van der Waals surface area contributed by atoms with Crippen molar-refractivity contribution in [3.63, 3.8) is 0 Å². The highest BCUT2D eigenvalue weighted by Gasteiger charge is 2.61. The summed E-state index contributed by atoms with van der Waals surface area (Å²) in [4.78, 5) is 12.5. The molecule has 0 radical (unpaired) electrons. The van der Waals surface area contributed by atoms with Gasteiger partial charge >= 0.3 is 0 Å². The molecular formula is C21H30O4. The zero-order valence-electron chi connectivity index (χ0n) is 15.3. The summed E-state index contributed by atoms with van der Waals surface area (Å²) >= 11 is 0. The molecule has 1 saturated heterocycles. The quantitative estimate of drug-likeness (QED) is 0.741. The van der Waals surface area contributed by atoms with Crippen LogP contribution in [0.4, 0.5) is 0 Å². The van der Waals surface area contributed by atoms with E-state index < -0.39 is 5.79 Å². The van der Waals surface area contributed by atoms with Gasteiger partial charge in [0, 0.05) is 30.1 Å². The lowest BCUT2D eigenvalue weighted by molar-refractivity contribution is -0.190. The standard InChI is InChI=1S/C21H30O4/c1-19-7-6-17-15(16(19)4-5-18(19)23)3-2-14-12-21(24-10-11-25-21)9-8-20(14,17)13-22/h2,15-17,22H,3-13H2,1H3/t15-,16?,17?,19?,20?/m0/s1. The zero-order chi connectivity index (χ0) is 17.3. The number of carbonyl (C=O) groups excluding carboxylic acids is 1. The molecule has 4 nitrogen and oxygen atoms in total. The minimum atomic E-state index is -0.427. The number of Topliss-reactive ketones (excluding diaryl/α,β-unsaturated/α-hetero) is 1. The van der Waals surface area contributed by atoms with Gasteiger partial charge in [-0.1, -0.05) is 18.6 Å². The van der Waals surface area contributed by atoms with E-state index in [1.54, 1.807) is 0 Å². The maximum atomic E-state index is 12.5. The lowest BCUT2D eigenvalue weighted by Crippen LogP contribution is -2.54. The number of fused-ring (bicyclic) bond motifs is 5. The van der Waals surface area contributed by atoms with Crippen LogP contribution in [0.5, 0.6) is 0 Å². The molecule has 1 spiro atoms. The number of carbonyl (C=O) groups is 1. The molecule has 5 aliphatic rings. The summed E-state index contributed by atoms with van der Waals surface area (Å²) in [6.45, 7) is 3.82. The van der Waals surface area contributed by atoms with Crippen molar-refractivity contribution in [2.45, 2.75) is 64.1 Å². The maximum absolute atomic E-state index is 12.5. The SMILES string of the molecule is CC12CCC3[C@@H](CC=C4CC5(CCC43CO)OCCO5)C1CCC2=O. The Morgan fingerprint density at radius 3 is 2.72 bits per heavy atom. The van der Waals surface area contributed by atoms with Gasteiger partial charge in [0.05, 0.1) is 19.8 Å². The fourth-order valence-electron chi connectivity index (χ4n) is 7.22. The van der Waals surface area contributed by atoms with Crippen molar-refractivity contribution in [3.05, 3.63) is 11.6 Å². The van der Waals surface area contributed by atoms with Crippen LogP contribution in [0.1, 0.15) is 58.3 Å². The second kappa shape index (κ2) is 5.40. The molecule has 0 amide bonds. The largest absolute Gasteiger partial charge is 0.395 e. The first kappa shape index (κ1) is 16.5. The minimum Gasteiger partial charge on any atom is -0.395 e. The molecule has 138 valence electrons. The molecule has 1 N–H and O–H groups in total. The van der Waals surface area contributed by atoms with E-state index in [2.05, 4.69) is 13.0 Å². The Labute approximate surface area is 150 Å². The predicted molar refractivity (Wildman–Crippen MR) is 92.8 cm³/mol. The summed E-state index contributed by atoms with van der Waals surface area (Å²) in [5.74, 6) is 1.64. The van der Waals surface area contributed by atoms with Gasteiger partial charge in [-0.2, -0.15) is 0 Å². The number of rotatable bonds is 1. The van der Waals surface area contributed by atoms with Gasteiger partial charge in [0.25, 0.3) is 0 Å². The van der Waals surface area contributed by atoms with Gasteiger partial charge in [0.1, 0.15) is 5.78 Å². The van der Waals surface area contributed by atoms with Crippen LogP contribution < -0.4 is 0 Å². The zero-order valence-corrected chi connectivity index (χ0v) is 15.3. The van der Waals surface area contributed by atoms with Crippen LogP contribution >= 0.6 is 0 Å².